The van der Waals surface area contributed by atoms with Crippen molar-refractivity contribution in [3.05, 3.63) is 130 Å². The minimum atomic E-state index is -4.17. The third kappa shape index (κ3) is 9.69. The van der Waals surface area contributed by atoms with E-state index in [1.807, 2.05) is 63.2 Å². The first-order valence-corrected chi connectivity index (χ1v) is 17.7. The van der Waals surface area contributed by atoms with Crippen LogP contribution in [0.2, 0.25) is 5.02 Å². The molecule has 0 saturated heterocycles. The Morgan fingerprint density at radius 1 is 0.787 bits per heavy atom. The van der Waals surface area contributed by atoms with E-state index >= 15 is 0 Å². The average molecular weight is 674 g/mol. The van der Waals surface area contributed by atoms with Gasteiger partial charge in [0.25, 0.3) is 10.0 Å². The van der Waals surface area contributed by atoms with Gasteiger partial charge in [-0.15, -0.1) is 0 Å². The summed E-state index contributed by atoms with van der Waals surface area (Å²) in [7, 11) is -4.17. The Morgan fingerprint density at radius 3 is 1.98 bits per heavy atom. The molecule has 1 atom stereocenters. The molecular weight excluding hydrogens is 630 g/mol. The zero-order valence-corrected chi connectivity index (χ0v) is 29.3. The van der Waals surface area contributed by atoms with Gasteiger partial charge in [0, 0.05) is 24.5 Å². The van der Waals surface area contributed by atoms with Gasteiger partial charge < -0.3 is 10.2 Å². The van der Waals surface area contributed by atoms with E-state index in [9.17, 15) is 18.0 Å². The highest BCUT2D eigenvalue weighted by Crippen LogP contribution is 2.27. The number of carbonyl (C=O) groups is 2. The number of anilines is 1. The fraction of sp³-hybridized carbons (Fsp3) is 0.316. The Morgan fingerprint density at radius 2 is 1.40 bits per heavy atom. The summed E-state index contributed by atoms with van der Waals surface area (Å²) in [6.45, 7) is 10.0. The Bertz CT molecular complexity index is 1720. The van der Waals surface area contributed by atoms with Crippen molar-refractivity contribution in [3.63, 3.8) is 0 Å². The van der Waals surface area contributed by atoms with Crippen LogP contribution in [0.1, 0.15) is 55.9 Å². The van der Waals surface area contributed by atoms with Gasteiger partial charge in [-0.25, -0.2) is 8.42 Å². The van der Waals surface area contributed by atoms with Crippen molar-refractivity contribution in [2.24, 2.45) is 5.92 Å². The number of carbonyl (C=O) groups excluding carboxylic acids is 2. The molecular formula is C38H44ClN3O4S. The van der Waals surface area contributed by atoms with Crippen molar-refractivity contribution in [1.29, 1.82) is 0 Å². The largest absolute Gasteiger partial charge is 0.354 e. The van der Waals surface area contributed by atoms with Crippen molar-refractivity contribution in [3.8, 4) is 0 Å². The molecule has 0 heterocycles. The summed E-state index contributed by atoms with van der Waals surface area (Å²) in [6, 6.07) is 29.5. The van der Waals surface area contributed by atoms with Gasteiger partial charge in [0.05, 0.1) is 10.6 Å². The van der Waals surface area contributed by atoms with Crippen molar-refractivity contribution in [2.75, 3.05) is 17.4 Å². The third-order valence-corrected chi connectivity index (χ3v) is 10.00. The number of benzene rings is 4. The van der Waals surface area contributed by atoms with E-state index in [-0.39, 0.29) is 35.6 Å². The number of hydrogen-bond acceptors (Lipinski definition) is 4. The van der Waals surface area contributed by atoms with Crippen LogP contribution >= 0.6 is 11.6 Å². The molecule has 2 amide bonds. The molecule has 248 valence electrons. The first-order chi connectivity index (χ1) is 22.3. The summed E-state index contributed by atoms with van der Waals surface area (Å²) in [6.07, 6.45) is 0.248. The molecule has 4 aromatic carbocycles. The topological polar surface area (TPSA) is 86.8 Å². The van der Waals surface area contributed by atoms with E-state index in [4.69, 9.17) is 11.6 Å². The predicted molar refractivity (Wildman–Crippen MR) is 190 cm³/mol. The Balaban J connectivity index is 1.80. The molecule has 9 heteroatoms. The summed E-state index contributed by atoms with van der Waals surface area (Å²) < 4.78 is 29.6. The maximum Gasteiger partial charge on any atom is 0.264 e. The Hall–Kier alpha value is -4.14. The third-order valence-electron chi connectivity index (χ3n) is 7.96. The molecule has 1 N–H and O–H groups in total. The van der Waals surface area contributed by atoms with Crippen LogP contribution in [0.3, 0.4) is 0 Å². The lowest BCUT2D eigenvalue weighted by Crippen LogP contribution is -2.53. The molecule has 0 radical (unpaired) electrons. The maximum absolute atomic E-state index is 14.6. The molecule has 0 aliphatic rings. The van der Waals surface area contributed by atoms with Crippen LogP contribution in [0.15, 0.2) is 108 Å². The number of rotatable bonds is 14. The maximum atomic E-state index is 14.6. The second kappa shape index (κ2) is 16.1. The molecule has 47 heavy (non-hydrogen) atoms. The van der Waals surface area contributed by atoms with Gasteiger partial charge in [-0.3, -0.25) is 13.9 Å². The first kappa shape index (κ1) is 35.7. The zero-order valence-electron chi connectivity index (χ0n) is 27.7. The van der Waals surface area contributed by atoms with Gasteiger partial charge in [-0.2, -0.15) is 0 Å². The minimum Gasteiger partial charge on any atom is -0.354 e. The standard InChI is InChI=1S/C38H44ClN3O4S/c1-27(2)24-40-38(44)36(23-30-9-7-6-8-10-30)41(25-31-13-17-33(39)18-14-31)37(43)26-42(34-19-15-32(16-20-34)28(3)4)47(45,46)35-21-11-29(5)12-22-35/h6-22,27-28,36H,23-26H2,1-5H3,(H,40,44)/t36-/m0/s1. The zero-order chi connectivity index (χ0) is 34.1. The summed E-state index contributed by atoms with van der Waals surface area (Å²) in [5, 5.41) is 3.55. The monoisotopic (exact) mass is 673 g/mol. The quantitative estimate of drug-likeness (QED) is 0.151. The number of sulfonamides is 1. The number of halogens is 1. The Kier molecular flexibility index (Phi) is 12.2. The lowest BCUT2D eigenvalue weighted by molar-refractivity contribution is -0.140. The molecule has 0 saturated carbocycles. The summed E-state index contributed by atoms with van der Waals surface area (Å²) in [5.74, 6) is -0.380. The van der Waals surface area contributed by atoms with Crippen molar-refractivity contribution in [1.82, 2.24) is 10.2 Å². The minimum absolute atomic E-state index is 0.0728. The van der Waals surface area contributed by atoms with Gasteiger partial charge in [0.2, 0.25) is 11.8 Å². The SMILES string of the molecule is Cc1ccc(S(=O)(=O)N(CC(=O)N(Cc2ccc(Cl)cc2)[C@@H](Cc2ccccc2)C(=O)NCC(C)C)c2ccc(C(C)C)cc2)cc1. The molecule has 0 aliphatic heterocycles. The highest BCUT2D eigenvalue weighted by atomic mass is 35.5. The number of nitrogens with one attached hydrogen (secondary N) is 1. The van der Waals surface area contributed by atoms with Gasteiger partial charge >= 0.3 is 0 Å². The molecule has 0 aliphatic carbocycles. The van der Waals surface area contributed by atoms with Crippen molar-refractivity contribution >= 4 is 39.1 Å². The summed E-state index contributed by atoms with van der Waals surface area (Å²) in [4.78, 5) is 30.1. The Labute approximate surface area is 284 Å². The first-order valence-electron chi connectivity index (χ1n) is 15.9. The van der Waals surface area contributed by atoms with Crippen LogP contribution in [0, 0.1) is 12.8 Å². The van der Waals surface area contributed by atoms with Crippen LogP contribution < -0.4 is 9.62 Å². The average Bonchev–Trinajstić information content (AvgIpc) is 3.05. The predicted octanol–water partition coefficient (Wildman–Crippen LogP) is 7.38. The highest BCUT2D eigenvalue weighted by Gasteiger charge is 2.34. The molecule has 0 bridgehead atoms. The number of amides is 2. The van der Waals surface area contributed by atoms with Crippen molar-refractivity contribution < 1.29 is 18.0 Å². The second-order valence-electron chi connectivity index (χ2n) is 12.6. The van der Waals surface area contributed by atoms with Crippen LogP contribution in [0.4, 0.5) is 5.69 Å². The van der Waals surface area contributed by atoms with Crippen LogP contribution in [-0.2, 0) is 32.6 Å². The van der Waals surface area contributed by atoms with E-state index in [0.29, 0.717) is 17.3 Å². The van der Waals surface area contributed by atoms with Gasteiger partial charge in [0.1, 0.15) is 12.6 Å². The lowest BCUT2D eigenvalue weighted by Gasteiger charge is -2.34. The summed E-state index contributed by atoms with van der Waals surface area (Å²) in [5.41, 5.74) is 3.95. The van der Waals surface area contributed by atoms with Gasteiger partial charge in [-0.1, -0.05) is 112 Å². The van der Waals surface area contributed by atoms with Crippen LogP contribution in [0.5, 0.6) is 0 Å². The van der Waals surface area contributed by atoms with Crippen molar-refractivity contribution in [2.45, 2.75) is 64.4 Å². The normalized spacial score (nSPS) is 12.2. The van der Waals surface area contributed by atoms with E-state index in [1.165, 1.54) is 4.90 Å². The van der Waals surface area contributed by atoms with Crippen LogP contribution in [-0.4, -0.2) is 44.3 Å². The van der Waals surface area contributed by atoms with E-state index in [1.54, 1.807) is 60.7 Å². The number of nitrogens with zero attached hydrogens (tertiary/aromatic N) is 2. The van der Waals surface area contributed by atoms with Crippen LogP contribution in [0.25, 0.3) is 0 Å². The number of aryl methyl sites for hydroxylation is 1. The molecule has 4 aromatic rings. The van der Waals surface area contributed by atoms with Gasteiger partial charge in [0.15, 0.2) is 0 Å². The van der Waals surface area contributed by atoms with Gasteiger partial charge in [-0.05, 0) is 71.8 Å². The molecule has 0 unspecified atom stereocenters. The second-order valence-corrected chi connectivity index (χ2v) is 14.9. The fourth-order valence-electron chi connectivity index (χ4n) is 5.15. The lowest BCUT2D eigenvalue weighted by atomic mass is 10.0. The molecule has 4 rings (SSSR count). The van der Waals surface area contributed by atoms with E-state index in [2.05, 4.69) is 19.2 Å². The van der Waals surface area contributed by atoms with E-state index in [0.717, 1.165) is 26.6 Å². The fourth-order valence-corrected chi connectivity index (χ4v) is 6.69. The smallest absolute Gasteiger partial charge is 0.264 e. The molecule has 0 spiro atoms. The molecule has 0 aromatic heterocycles. The summed E-state index contributed by atoms with van der Waals surface area (Å²) >= 11 is 6.17. The van der Waals surface area contributed by atoms with E-state index < -0.39 is 28.5 Å². The molecule has 0 fully saturated rings. The number of hydrogen-bond donors (Lipinski definition) is 1. The highest BCUT2D eigenvalue weighted by molar-refractivity contribution is 7.92. The molecule has 7 nitrogen and oxygen atoms in total.